The van der Waals surface area contributed by atoms with Gasteiger partial charge in [-0.3, -0.25) is 4.79 Å². The van der Waals surface area contributed by atoms with E-state index in [1.54, 1.807) is 0 Å². The van der Waals surface area contributed by atoms with Gasteiger partial charge in [-0.05, 0) is 48.4 Å². The van der Waals surface area contributed by atoms with Crippen LogP contribution in [-0.4, -0.2) is 21.7 Å². The molecule has 0 saturated heterocycles. The lowest BCUT2D eigenvalue weighted by molar-refractivity contribution is 0.102. The van der Waals surface area contributed by atoms with Crippen molar-refractivity contribution in [3.63, 3.8) is 0 Å². The Morgan fingerprint density at radius 3 is 2.65 bits per heavy atom. The standard InChI is InChI=1S/C21H20N2O2S/c24-19(18-11-10-16-8-4-5-9-17(16)13-18)14-26-21-23-22-20(25-21)12-15-6-2-1-3-7-15/h1-3,6-7,10-11,13H,4-5,8-9,12,14H2. The van der Waals surface area contributed by atoms with E-state index in [0.29, 0.717) is 23.3 Å². The summed E-state index contributed by atoms with van der Waals surface area (Å²) in [6.07, 6.45) is 5.28. The van der Waals surface area contributed by atoms with Gasteiger partial charge in [0.15, 0.2) is 5.78 Å². The van der Waals surface area contributed by atoms with Crippen molar-refractivity contribution >= 4 is 17.5 Å². The Labute approximate surface area is 157 Å². The van der Waals surface area contributed by atoms with Crippen molar-refractivity contribution in [1.29, 1.82) is 0 Å². The highest BCUT2D eigenvalue weighted by molar-refractivity contribution is 7.99. The number of rotatable bonds is 6. The molecule has 3 aromatic rings. The number of carbonyl (C=O) groups excluding carboxylic acids is 1. The third-order valence-electron chi connectivity index (χ3n) is 4.64. The first-order valence-corrected chi connectivity index (χ1v) is 9.90. The zero-order chi connectivity index (χ0) is 17.8. The summed E-state index contributed by atoms with van der Waals surface area (Å²) >= 11 is 1.30. The molecule has 4 rings (SSSR count). The second kappa shape index (κ2) is 7.87. The van der Waals surface area contributed by atoms with Crippen LogP contribution < -0.4 is 0 Å². The second-order valence-electron chi connectivity index (χ2n) is 6.53. The molecule has 1 aliphatic carbocycles. The number of carbonyl (C=O) groups is 1. The number of nitrogens with zero attached hydrogens (tertiary/aromatic N) is 2. The van der Waals surface area contributed by atoms with Gasteiger partial charge >= 0.3 is 0 Å². The molecule has 0 saturated carbocycles. The normalized spacial score (nSPS) is 13.4. The fourth-order valence-electron chi connectivity index (χ4n) is 3.26. The Morgan fingerprint density at radius 2 is 1.81 bits per heavy atom. The zero-order valence-electron chi connectivity index (χ0n) is 14.5. The highest BCUT2D eigenvalue weighted by atomic mass is 32.2. The minimum atomic E-state index is 0.103. The molecular formula is C21H20N2O2S. The first-order chi connectivity index (χ1) is 12.8. The summed E-state index contributed by atoms with van der Waals surface area (Å²) in [7, 11) is 0. The molecule has 1 aliphatic rings. The molecule has 0 fully saturated rings. The van der Waals surface area contributed by atoms with E-state index in [9.17, 15) is 4.79 Å². The molecule has 0 aliphatic heterocycles. The molecule has 4 nitrogen and oxygen atoms in total. The summed E-state index contributed by atoms with van der Waals surface area (Å²) in [5.74, 6) is 0.984. The number of hydrogen-bond donors (Lipinski definition) is 0. The van der Waals surface area contributed by atoms with Crippen molar-refractivity contribution in [2.24, 2.45) is 0 Å². The van der Waals surface area contributed by atoms with Gasteiger partial charge in [-0.25, -0.2) is 0 Å². The number of ketones is 1. The predicted octanol–water partition coefficient (Wildman–Crippen LogP) is 4.51. The summed E-state index contributed by atoms with van der Waals surface area (Å²) in [6.45, 7) is 0. The number of aryl methyl sites for hydroxylation is 2. The van der Waals surface area contributed by atoms with Gasteiger partial charge in [0.2, 0.25) is 5.89 Å². The molecular weight excluding hydrogens is 344 g/mol. The van der Waals surface area contributed by atoms with Crippen LogP contribution in [0.1, 0.15) is 45.8 Å². The molecule has 0 spiro atoms. The van der Waals surface area contributed by atoms with Crippen molar-refractivity contribution in [3.05, 3.63) is 76.7 Å². The molecule has 0 bridgehead atoms. The van der Waals surface area contributed by atoms with Crippen LogP contribution in [0.3, 0.4) is 0 Å². The lowest BCUT2D eigenvalue weighted by Crippen LogP contribution is -2.07. The van der Waals surface area contributed by atoms with Crippen LogP contribution in [-0.2, 0) is 19.3 Å². The van der Waals surface area contributed by atoms with E-state index in [4.69, 9.17) is 4.42 Å². The number of hydrogen-bond acceptors (Lipinski definition) is 5. The Balaban J connectivity index is 1.36. The van der Waals surface area contributed by atoms with Crippen molar-refractivity contribution in [2.75, 3.05) is 5.75 Å². The Hall–Kier alpha value is -2.40. The van der Waals surface area contributed by atoms with E-state index in [-0.39, 0.29) is 5.78 Å². The van der Waals surface area contributed by atoms with E-state index >= 15 is 0 Å². The topological polar surface area (TPSA) is 56.0 Å². The fourth-order valence-corrected chi connectivity index (χ4v) is 3.93. The molecule has 26 heavy (non-hydrogen) atoms. The average Bonchev–Trinajstić information content (AvgIpc) is 3.14. The maximum atomic E-state index is 12.5. The highest BCUT2D eigenvalue weighted by Gasteiger charge is 2.15. The molecule has 1 heterocycles. The highest BCUT2D eigenvalue weighted by Crippen LogP contribution is 2.24. The number of thioether (sulfide) groups is 1. The van der Waals surface area contributed by atoms with Crippen LogP contribution in [0.5, 0.6) is 0 Å². The maximum absolute atomic E-state index is 12.5. The number of aromatic nitrogens is 2. The molecule has 0 amide bonds. The van der Waals surface area contributed by atoms with E-state index < -0.39 is 0 Å². The minimum Gasteiger partial charge on any atom is -0.416 e. The molecule has 0 unspecified atom stereocenters. The van der Waals surface area contributed by atoms with Gasteiger partial charge in [-0.2, -0.15) is 0 Å². The molecule has 2 aromatic carbocycles. The summed E-state index contributed by atoms with van der Waals surface area (Å²) in [4.78, 5) is 12.5. The summed E-state index contributed by atoms with van der Waals surface area (Å²) in [5, 5.41) is 8.56. The number of fused-ring (bicyclic) bond motifs is 1. The third kappa shape index (κ3) is 4.05. The SMILES string of the molecule is O=C(CSc1nnc(Cc2ccccc2)o1)c1ccc2c(c1)CCCC2. The van der Waals surface area contributed by atoms with Crippen molar-refractivity contribution < 1.29 is 9.21 Å². The molecule has 132 valence electrons. The van der Waals surface area contributed by atoms with Gasteiger partial charge in [0.1, 0.15) is 0 Å². The summed E-state index contributed by atoms with van der Waals surface area (Å²) < 4.78 is 5.65. The van der Waals surface area contributed by atoms with Gasteiger partial charge in [0.25, 0.3) is 5.22 Å². The van der Waals surface area contributed by atoms with Crippen LogP contribution in [0.2, 0.25) is 0 Å². The molecule has 0 N–H and O–H groups in total. The van der Waals surface area contributed by atoms with Gasteiger partial charge < -0.3 is 4.42 Å². The van der Waals surface area contributed by atoms with Crippen LogP contribution in [0.4, 0.5) is 0 Å². The molecule has 0 atom stereocenters. The number of Topliss-reactive ketones (excluding diaryl/α,β-unsaturated/α-hetero) is 1. The zero-order valence-corrected chi connectivity index (χ0v) is 15.3. The van der Waals surface area contributed by atoms with Crippen molar-refractivity contribution in [3.8, 4) is 0 Å². The smallest absolute Gasteiger partial charge is 0.277 e. The lowest BCUT2D eigenvalue weighted by atomic mass is 9.90. The van der Waals surface area contributed by atoms with Gasteiger partial charge in [0, 0.05) is 5.56 Å². The average molecular weight is 364 g/mol. The monoisotopic (exact) mass is 364 g/mol. The minimum absolute atomic E-state index is 0.103. The molecule has 1 aromatic heterocycles. The largest absolute Gasteiger partial charge is 0.416 e. The molecule has 0 radical (unpaired) electrons. The summed E-state index contributed by atoms with van der Waals surface area (Å²) in [6, 6.07) is 16.1. The maximum Gasteiger partial charge on any atom is 0.277 e. The van der Waals surface area contributed by atoms with Crippen LogP contribution in [0, 0.1) is 0 Å². The van der Waals surface area contributed by atoms with E-state index in [1.165, 1.54) is 35.7 Å². The van der Waals surface area contributed by atoms with Gasteiger partial charge in [-0.15, -0.1) is 10.2 Å². The molecule has 5 heteroatoms. The van der Waals surface area contributed by atoms with E-state index in [2.05, 4.69) is 22.3 Å². The first-order valence-electron chi connectivity index (χ1n) is 8.92. The van der Waals surface area contributed by atoms with Crippen molar-refractivity contribution in [2.45, 2.75) is 37.3 Å². The second-order valence-corrected chi connectivity index (χ2v) is 7.45. The van der Waals surface area contributed by atoms with Crippen LogP contribution in [0.15, 0.2) is 58.2 Å². The Bertz CT molecular complexity index is 905. The lowest BCUT2D eigenvalue weighted by Gasteiger charge is -2.16. The number of benzene rings is 2. The third-order valence-corrected chi connectivity index (χ3v) is 5.46. The van der Waals surface area contributed by atoms with Gasteiger partial charge in [-0.1, -0.05) is 54.2 Å². The quantitative estimate of drug-likeness (QED) is 0.476. The van der Waals surface area contributed by atoms with Gasteiger partial charge in [0.05, 0.1) is 12.2 Å². The van der Waals surface area contributed by atoms with Crippen LogP contribution >= 0.6 is 11.8 Å². The summed E-state index contributed by atoms with van der Waals surface area (Å²) in [5.41, 5.74) is 4.62. The Kier molecular flexibility index (Phi) is 5.16. The predicted molar refractivity (Wildman–Crippen MR) is 102 cm³/mol. The Morgan fingerprint density at radius 1 is 1.00 bits per heavy atom. The van der Waals surface area contributed by atoms with E-state index in [0.717, 1.165) is 24.0 Å². The first kappa shape index (κ1) is 17.0. The van der Waals surface area contributed by atoms with E-state index in [1.807, 2.05) is 36.4 Å². The fraction of sp³-hybridized carbons (Fsp3) is 0.286. The van der Waals surface area contributed by atoms with Crippen LogP contribution in [0.25, 0.3) is 0 Å². The van der Waals surface area contributed by atoms with Crippen molar-refractivity contribution in [1.82, 2.24) is 10.2 Å².